The van der Waals surface area contributed by atoms with Crippen molar-refractivity contribution < 1.29 is 0 Å². The van der Waals surface area contributed by atoms with Crippen LogP contribution in [-0.4, -0.2) is 25.6 Å². The largest absolute Gasteiger partial charge is 0.370 e. The minimum atomic E-state index is 0.190. The fourth-order valence-corrected chi connectivity index (χ4v) is 0.961. The van der Waals surface area contributed by atoms with Crippen LogP contribution in [0.1, 0.15) is 26.7 Å². The van der Waals surface area contributed by atoms with Crippen molar-refractivity contribution in [2.45, 2.75) is 26.7 Å². The van der Waals surface area contributed by atoms with Crippen LogP contribution in [0.3, 0.4) is 0 Å². The fraction of sp³-hybridized carbons (Fsp3) is 0.889. The minimum absolute atomic E-state index is 0.190. The molecule has 0 heterocycles. The summed E-state index contributed by atoms with van der Waals surface area (Å²) in [6, 6.07) is 0. The Hall–Kier alpha value is -0.770. The van der Waals surface area contributed by atoms with Crippen LogP contribution < -0.4 is 16.8 Å². The predicted octanol–water partition coefficient (Wildman–Crippen LogP) is 0.286. The first-order chi connectivity index (χ1) is 6.13. The third-order valence-electron chi connectivity index (χ3n) is 1.61. The Morgan fingerprint density at radius 3 is 2.54 bits per heavy atom. The van der Waals surface area contributed by atoms with Gasteiger partial charge in [-0.25, -0.2) is 0 Å². The van der Waals surface area contributed by atoms with Gasteiger partial charge in [0.1, 0.15) is 0 Å². The smallest absolute Gasteiger partial charge is 0.185 e. The zero-order valence-electron chi connectivity index (χ0n) is 8.71. The summed E-state index contributed by atoms with van der Waals surface area (Å²) in [7, 11) is 0. The van der Waals surface area contributed by atoms with E-state index in [0.29, 0.717) is 0 Å². The monoisotopic (exact) mass is 186 g/mol. The van der Waals surface area contributed by atoms with Gasteiger partial charge in [0.2, 0.25) is 0 Å². The highest BCUT2D eigenvalue weighted by Crippen LogP contribution is 1.90. The fourth-order valence-electron chi connectivity index (χ4n) is 0.961. The Morgan fingerprint density at radius 1 is 1.31 bits per heavy atom. The molecule has 5 N–H and O–H groups in total. The van der Waals surface area contributed by atoms with Gasteiger partial charge in [-0.05, 0) is 31.8 Å². The summed E-state index contributed by atoms with van der Waals surface area (Å²) in [6.07, 6.45) is 2.17. The van der Waals surface area contributed by atoms with E-state index in [-0.39, 0.29) is 5.96 Å². The molecule has 78 valence electrons. The number of hydrogen-bond acceptors (Lipinski definition) is 2. The van der Waals surface area contributed by atoms with Gasteiger partial charge >= 0.3 is 0 Å². The quantitative estimate of drug-likeness (QED) is 0.304. The molecule has 0 fully saturated rings. The van der Waals surface area contributed by atoms with Gasteiger partial charge in [-0.15, -0.1) is 0 Å². The van der Waals surface area contributed by atoms with E-state index in [1.807, 2.05) is 0 Å². The average Bonchev–Trinajstić information content (AvgIpc) is 2.01. The second-order valence-corrected chi connectivity index (χ2v) is 3.61. The van der Waals surface area contributed by atoms with Crippen LogP contribution in [0.2, 0.25) is 0 Å². The summed E-state index contributed by atoms with van der Waals surface area (Å²) < 4.78 is 0. The molecule has 4 heteroatoms. The summed E-state index contributed by atoms with van der Waals surface area (Å²) in [4.78, 5) is 3.90. The maximum atomic E-state index is 5.19. The zero-order chi connectivity index (χ0) is 10.1. The lowest BCUT2D eigenvalue weighted by molar-refractivity contribution is 0.537. The number of guanidine groups is 1. The minimum Gasteiger partial charge on any atom is -0.370 e. The highest BCUT2D eigenvalue weighted by molar-refractivity contribution is 5.75. The maximum Gasteiger partial charge on any atom is 0.185 e. The first-order valence-corrected chi connectivity index (χ1v) is 4.89. The Kier molecular flexibility index (Phi) is 7.39. The van der Waals surface area contributed by atoms with Gasteiger partial charge in [0.25, 0.3) is 0 Å². The molecular weight excluding hydrogens is 164 g/mol. The van der Waals surface area contributed by atoms with Gasteiger partial charge in [0, 0.05) is 6.54 Å². The van der Waals surface area contributed by atoms with E-state index in [4.69, 9.17) is 11.5 Å². The van der Waals surface area contributed by atoms with Gasteiger partial charge in [-0.3, -0.25) is 4.99 Å². The van der Waals surface area contributed by atoms with E-state index in [9.17, 15) is 0 Å². The third kappa shape index (κ3) is 11.2. The number of rotatable bonds is 7. The molecule has 0 aromatic heterocycles. The van der Waals surface area contributed by atoms with Crippen molar-refractivity contribution in [1.29, 1.82) is 0 Å². The molecule has 0 spiro atoms. The van der Waals surface area contributed by atoms with Gasteiger partial charge in [0.15, 0.2) is 5.96 Å². The molecule has 0 aliphatic heterocycles. The van der Waals surface area contributed by atoms with Crippen molar-refractivity contribution in [2.24, 2.45) is 22.4 Å². The molecule has 0 radical (unpaired) electrons. The van der Waals surface area contributed by atoms with Crippen LogP contribution in [-0.2, 0) is 0 Å². The third-order valence-corrected chi connectivity index (χ3v) is 1.61. The van der Waals surface area contributed by atoms with Crippen LogP contribution in [0.15, 0.2) is 4.99 Å². The predicted molar refractivity (Wildman–Crippen MR) is 57.6 cm³/mol. The molecule has 0 aliphatic rings. The first kappa shape index (κ1) is 12.2. The van der Waals surface area contributed by atoms with Gasteiger partial charge < -0.3 is 16.8 Å². The summed E-state index contributed by atoms with van der Waals surface area (Å²) in [6.45, 7) is 7.28. The van der Waals surface area contributed by atoms with E-state index in [0.717, 1.165) is 38.4 Å². The molecule has 0 amide bonds. The number of hydrogen-bond donors (Lipinski definition) is 3. The molecule has 0 aromatic carbocycles. The molecule has 0 atom stereocenters. The van der Waals surface area contributed by atoms with Crippen LogP contribution in [0.4, 0.5) is 0 Å². The highest BCUT2D eigenvalue weighted by atomic mass is 15.0. The molecule has 13 heavy (non-hydrogen) atoms. The summed E-state index contributed by atoms with van der Waals surface area (Å²) >= 11 is 0. The molecule has 0 saturated carbocycles. The molecule has 0 unspecified atom stereocenters. The SMILES string of the molecule is CC(C)CNCCCCN=C(N)N. The summed E-state index contributed by atoms with van der Waals surface area (Å²) in [5, 5.41) is 3.36. The van der Waals surface area contributed by atoms with Gasteiger partial charge in [-0.2, -0.15) is 0 Å². The summed E-state index contributed by atoms with van der Waals surface area (Å²) in [5.41, 5.74) is 10.4. The molecule has 0 bridgehead atoms. The lowest BCUT2D eigenvalue weighted by Gasteiger charge is -2.05. The zero-order valence-corrected chi connectivity index (χ0v) is 8.71. The van der Waals surface area contributed by atoms with Gasteiger partial charge in [0.05, 0.1) is 0 Å². The molecule has 0 rings (SSSR count). The molecule has 0 aliphatic carbocycles. The van der Waals surface area contributed by atoms with Crippen molar-refractivity contribution in [3.05, 3.63) is 0 Å². The molecular formula is C9H22N4. The van der Waals surface area contributed by atoms with Crippen molar-refractivity contribution >= 4 is 5.96 Å². The Balaban J connectivity index is 3.04. The topological polar surface area (TPSA) is 76.4 Å². The summed E-state index contributed by atoms with van der Waals surface area (Å²) in [5.74, 6) is 0.910. The second kappa shape index (κ2) is 7.86. The maximum absolute atomic E-state index is 5.19. The number of nitrogens with one attached hydrogen (secondary N) is 1. The number of aliphatic imine (C=N–C) groups is 1. The van der Waals surface area contributed by atoms with Gasteiger partial charge in [-0.1, -0.05) is 13.8 Å². The second-order valence-electron chi connectivity index (χ2n) is 3.61. The van der Waals surface area contributed by atoms with Crippen molar-refractivity contribution in [3.63, 3.8) is 0 Å². The molecule has 0 saturated heterocycles. The first-order valence-electron chi connectivity index (χ1n) is 4.89. The van der Waals surface area contributed by atoms with E-state index in [2.05, 4.69) is 24.2 Å². The Morgan fingerprint density at radius 2 is 2.00 bits per heavy atom. The lowest BCUT2D eigenvalue weighted by Crippen LogP contribution is -2.23. The van der Waals surface area contributed by atoms with E-state index in [1.165, 1.54) is 0 Å². The van der Waals surface area contributed by atoms with Crippen LogP contribution in [0.25, 0.3) is 0 Å². The average molecular weight is 186 g/mol. The van der Waals surface area contributed by atoms with Crippen molar-refractivity contribution in [2.75, 3.05) is 19.6 Å². The van der Waals surface area contributed by atoms with Crippen molar-refractivity contribution in [3.8, 4) is 0 Å². The van der Waals surface area contributed by atoms with Crippen LogP contribution in [0.5, 0.6) is 0 Å². The lowest BCUT2D eigenvalue weighted by atomic mass is 10.2. The highest BCUT2D eigenvalue weighted by Gasteiger charge is 1.92. The van der Waals surface area contributed by atoms with E-state index < -0.39 is 0 Å². The number of nitrogens with two attached hydrogens (primary N) is 2. The number of nitrogens with zero attached hydrogens (tertiary/aromatic N) is 1. The molecule has 0 aromatic rings. The van der Waals surface area contributed by atoms with E-state index in [1.54, 1.807) is 0 Å². The Bertz CT molecular complexity index is 139. The molecule has 4 nitrogen and oxygen atoms in total. The van der Waals surface area contributed by atoms with Crippen molar-refractivity contribution in [1.82, 2.24) is 5.32 Å². The Labute approximate surface area is 80.8 Å². The normalized spacial score (nSPS) is 10.4. The number of unbranched alkanes of at least 4 members (excludes halogenated alkanes) is 1. The van der Waals surface area contributed by atoms with E-state index >= 15 is 0 Å². The van der Waals surface area contributed by atoms with Crippen LogP contribution in [0, 0.1) is 5.92 Å². The standard InChI is InChI=1S/C9H22N4/c1-8(2)7-12-5-3-4-6-13-9(10)11/h8,12H,3-7H2,1-2H3,(H4,10,11,13). The van der Waals surface area contributed by atoms with Crippen LogP contribution >= 0.6 is 0 Å².